The van der Waals surface area contributed by atoms with Gasteiger partial charge in [0.2, 0.25) is 0 Å². The number of hydrogen-bond donors (Lipinski definition) is 1. The molecule has 0 fully saturated rings. The Morgan fingerprint density at radius 1 is 1.00 bits per heavy atom. The number of halogens is 1. The van der Waals surface area contributed by atoms with Crippen molar-refractivity contribution < 1.29 is 0 Å². The molecule has 2 aromatic rings. The van der Waals surface area contributed by atoms with E-state index in [1.807, 2.05) is 12.1 Å². The maximum absolute atomic E-state index is 5.98. The van der Waals surface area contributed by atoms with Gasteiger partial charge in [-0.1, -0.05) is 41.9 Å². The fourth-order valence-corrected chi connectivity index (χ4v) is 2.61. The summed E-state index contributed by atoms with van der Waals surface area (Å²) in [6.07, 6.45) is 1.05. The van der Waals surface area contributed by atoms with Gasteiger partial charge in [-0.2, -0.15) is 0 Å². The molecule has 0 bridgehead atoms. The summed E-state index contributed by atoms with van der Waals surface area (Å²) >= 11 is 5.98. The van der Waals surface area contributed by atoms with Crippen molar-refractivity contribution in [1.29, 1.82) is 0 Å². The second kappa shape index (κ2) is 6.92. The lowest BCUT2D eigenvalue weighted by Crippen LogP contribution is -2.28. The van der Waals surface area contributed by atoms with E-state index in [-0.39, 0.29) is 0 Å². The van der Waals surface area contributed by atoms with Crippen molar-refractivity contribution in [3.05, 3.63) is 69.7 Å². The average molecular weight is 288 g/mol. The van der Waals surface area contributed by atoms with E-state index in [1.54, 1.807) is 0 Å². The highest BCUT2D eigenvalue weighted by Crippen LogP contribution is 2.15. The zero-order valence-corrected chi connectivity index (χ0v) is 13.2. The van der Waals surface area contributed by atoms with Gasteiger partial charge in [0, 0.05) is 17.6 Å². The van der Waals surface area contributed by atoms with Crippen molar-refractivity contribution in [2.24, 2.45) is 0 Å². The first-order chi connectivity index (χ1) is 9.56. The van der Waals surface area contributed by atoms with Gasteiger partial charge in [-0.15, -0.1) is 0 Å². The molecule has 0 heterocycles. The molecule has 1 atom stereocenters. The smallest absolute Gasteiger partial charge is 0.0408 e. The van der Waals surface area contributed by atoms with E-state index in [0.29, 0.717) is 6.04 Å². The van der Waals surface area contributed by atoms with E-state index in [1.165, 1.54) is 22.3 Å². The summed E-state index contributed by atoms with van der Waals surface area (Å²) in [5.41, 5.74) is 5.34. The lowest BCUT2D eigenvalue weighted by molar-refractivity contribution is 0.543. The van der Waals surface area contributed by atoms with Crippen LogP contribution in [0.4, 0.5) is 0 Å². The molecule has 0 amide bonds. The Morgan fingerprint density at radius 2 is 1.75 bits per heavy atom. The van der Waals surface area contributed by atoms with E-state index in [2.05, 4.69) is 56.4 Å². The summed E-state index contributed by atoms with van der Waals surface area (Å²) in [6.45, 7) is 7.40. The minimum atomic E-state index is 0.450. The van der Waals surface area contributed by atoms with Crippen LogP contribution in [0.2, 0.25) is 5.02 Å². The lowest BCUT2D eigenvalue weighted by Gasteiger charge is -2.16. The Bertz CT molecular complexity index is 577. The van der Waals surface area contributed by atoms with Gasteiger partial charge in [0.25, 0.3) is 0 Å². The first kappa shape index (κ1) is 15.1. The van der Waals surface area contributed by atoms with Gasteiger partial charge in [0.1, 0.15) is 0 Å². The summed E-state index contributed by atoms with van der Waals surface area (Å²) in [5.74, 6) is 0. The van der Waals surface area contributed by atoms with Crippen molar-refractivity contribution in [3.63, 3.8) is 0 Å². The molecule has 1 N–H and O–H groups in total. The zero-order valence-electron chi connectivity index (χ0n) is 12.4. The molecule has 0 saturated carbocycles. The van der Waals surface area contributed by atoms with Gasteiger partial charge < -0.3 is 5.32 Å². The highest BCUT2D eigenvalue weighted by atomic mass is 35.5. The highest BCUT2D eigenvalue weighted by molar-refractivity contribution is 6.30. The molecule has 0 radical (unpaired) electrons. The van der Waals surface area contributed by atoms with Crippen molar-refractivity contribution >= 4 is 11.6 Å². The van der Waals surface area contributed by atoms with Crippen LogP contribution in [0.25, 0.3) is 0 Å². The number of rotatable bonds is 5. The van der Waals surface area contributed by atoms with Crippen LogP contribution in [0.3, 0.4) is 0 Å². The minimum absolute atomic E-state index is 0.450. The number of nitrogens with one attached hydrogen (secondary N) is 1. The molecule has 1 nitrogen and oxygen atoms in total. The average Bonchev–Trinajstić information content (AvgIpc) is 2.40. The van der Waals surface area contributed by atoms with Gasteiger partial charge in [0.05, 0.1) is 0 Å². The number of hydrogen-bond acceptors (Lipinski definition) is 1. The quantitative estimate of drug-likeness (QED) is 0.842. The summed E-state index contributed by atoms with van der Waals surface area (Å²) in [5, 5.41) is 4.40. The van der Waals surface area contributed by atoms with E-state index < -0.39 is 0 Å². The van der Waals surface area contributed by atoms with E-state index in [9.17, 15) is 0 Å². The second-order valence-electron chi connectivity index (χ2n) is 5.48. The van der Waals surface area contributed by atoms with Crippen LogP contribution in [-0.2, 0) is 13.0 Å². The third-order valence-electron chi connectivity index (χ3n) is 3.73. The molecule has 2 heteroatoms. The van der Waals surface area contributed by atoms with Crippen molar-refractivity contribution in [2.75, 3.05) is 0 Å². The van der Waals surface area contributed by atoms with Crippen LogP contribution in [0.1, 0.15) is 29.2 Å². The molecule has 0 spiro atoms. The molecular formula is C18H22ClN. The van der Waals surface area contributed by atoms with E-state index in [4.69, 9.17) is 11.6 Å². The minimum Gasteiger partial charge on any atom is -0.310 e. The monoisotopic (exact) mass is 287 g/mol. The largest absolute Gasteiger partial charge is 0.310 e. The highest BCUT2D eigenvalue weighted by Gasteiger charge is 2.06. The summed E-state index contributed by atoms with van der Waals surface area (Å²) in [7, 11) is 0. The molecule has 106 valence electrons. The fraction of sp³-hybridized carbons (Fsp3) is 0.333. The molecule has 20 heavy (non-hydrogen) atoms. The predicted octanol–water partition coefficient (Wildman–Crippen LogP) is 4.68. The zero-order chi connectivity index (χ0) is 14.5. The second-order valence-corrected chi connectivity index (χ2v) is 5.92. The van der Waals surface area contributed by atoms with Crippen LogP contribution in [0.15, 0.2) is 42.5 Å². The molecule has 0 aromatic heterocycles. The standard InChI is InChI=1S/C18H22ClN/c1-13-6-4-5-7-16(13)11-15(3)20-12-17-8-9-18(19)10-14(17)2/h4-10,15,20H,11-12H2,1-3H3. The summed E-state index contributed by atoms with van der Waals surface area (Å²) < 4.78 is 0. The summed E-state index contributed by atoms with van der Waals surface area (Å²) in [4.78, 5) is 0. The van der Waals surface area contributed by atoms with Gasteiger partial charge in [-0.25, -0.2) is 0 Å². The Kier molecular flexibility index (Phi) is 5.22. The van der Waals surface area contributed by atoms with Gasteiger partial charge in [0.15, 0.2) is 0 Å². The normalized spacial score (nSPS) is 12.4. The number of benzene rings is 2. The fourth-order valence-electron chi connectivity index (χ4n) is 2.38. The van der Waals surface area contributed by atoms with Crippen LogP contribution in [-0.4, -0.2) is 6.04 Å². The maximum Gasteiger partial charge on any atom is 0.0408 e. The summed E-state index contributed by atoms with van der Waals surface area (Å²) in [6, 6.07) is 15.1. The molecule has 0 aliphatic carbocycles. The van der Waals surface area contributed by atoms with Crippen LogP contribution >= 0.6 is 11.6 Å². The maximum atomic E-state index is 5.98. The van der Waals surface area contributed by atoms with E-state index >= 15 is 0 Å². The van der Waals surface area contributed by atoms with Crippen LogP contribution in [0, 0.1) is 13.8 Å². The Morgan fingerprint density at radius 3 is 2.45 bits per heavy atom. The molecule has 1 unspecified atom stereocenters. The van der Waals surface area contributed by atoms with E-state index in [0.717, 1.165) is 18.0 Å². The molecule has 2 rings (SSSR count). The van der Waals surface area contributed by atoms with Gasteiger partial charge in [-0.3, -0.25) is 0 Å². The Hall–Kier alpha value is -1.31. The molecule has 0 saturated heterocycles. The predicted molar refractivity (Wildman–Crippen MR) is 87.4 cm³/mol. The molecule has 0 aliphatic heterocycles. The van der Waals surface area contributed by atoms with Crippen molar-refractivity contribution in [2.45, 2.75) is 39.8 Å². The molecule has 0 aliphatic rings. The first-order valence-electron chi connectivity index (χ1n) is 7.09. The third kappa shape index (κ3) is 4.09. The van der Waals surface area contributed by atoms with Gasteiger partial charge in [-0.05, 0) is 61.6 Å². The third-order valence-corrected chi connectivity index (χ3v) is 3.97. The van der Waals surface area contributed by atoms with Crippen molar-refractivity contribution in [3.8, 4) is 0 Å². The first-order valence-corrected chi connectivity index (χ1v) is 7.47. The molecule has 2 aromatic carbocycles. The lowest BCUT2D eigenvalue weighted by atomic mass is 10.0. The van der Waals surface area contributed by atoms with Crippen LogP contribution < -0.4 is 5.32 Å². The number of aryl methyl sites for hydroxylation is 2. The molecular weight excluding hydrogens is 266 g/mol. The van der Waals surface area contributed by atoms with Gasteiger partial charge >= 0.3 is 0 Å². The topological polar surface area (TPSA) is 12.0 Å². The Labute approximate surface area is 127 Å². The Balaban J connectivity index is 1.92. The van der Waals surface area contributed by atoms with Crippen LogP contribution in [0.5, 0.6) is 0 Å². The SMILES string of the molecule is Cc1cc(Cl)ccc1CNC(C)Cc1ccccc1C. The van der Waals surface area contributed by atoms with Crippen molar-refractivity contribution in [1.82, 2.24) is 5.32 Å².